The van der Waals surface area contributed by atoms with Gasteiger partial charge in [-0.3, -0.25) is 4.79 Å². The van der Waals surface area contributed by atoms with E-state index in [1.807, 2.05) is 32.0 Å². The third-order valence-electron chi connectivity index (χ3n) is 4.88. The average Bonchev–Trinajstić information content (AvgIpc) is 3.24. The third-order valence-corrected chi connectivity index (χ3v) is 4.88. The molecule has 2 aromatic carbocycles. The second-order valence-electron chi connectivity index (χ2n) is 6.75. The first-order valence-electron chi connectivity index (χ1n) is 8.82. The Bertz CT molecular complexity index is 1190. The molecule has 0 aliphatic heterocycles. The molecular weight excluding hydrogens is 362 g/mol. The number of benzene rings is 2. The van der Waals surface area contributed by atoms with Crippen LogP contribution >= 0.6 is 0 Å². The third kappa shape index (κ3) is 3.17. The van der Waals surface area contributed by atoms with Crippen LogP contribution in [0.2, 0.25) is 0 Å². The summed E-state index contributed by atoms with van der Waals surface area (Å²) in [7, 11) is 0. The van der Waals surface area contributed by atoms with Crippen LogP contribution in [-0.4, -0.2) is 10.5 Å². The highest BCUT2D eigenvalue weighted by Gasteiger charge is 2.19. The molecule has 4 nitrogen and oxygen atoms in total. The second kappa shape index (κ2) is 6.96. The van der Waals surface area contributed by atoms with Gasteiger partial charge in [-0.2, -0.15) is 0 Å². The molecule has 0 radical (unpaired) electrons. The minimum absolute atomic E-state index is 0.00229. The van der Waals surface area contributed by atoms with Crippen molar-refractivity contribution >= 4 is 22.7 Å². The number of furan rings is 1. The number of halogens is 2. The van der Waals surface area contributed by atoms with Gasteiger partial charge in [-0.05, 0) is 43.2 Å². The zero-order chi connectivity index (χ0) is 19.8. The van der Waals surface area contributed by atoms with E-state index in [1.54, 1.807) is 16.7 Å². The Labute approximate surface area is 160 Å². The standard InChI is InChI=1S/C22H18F2N2O2/c1-13-6-7-16(10-14(13)2)25-22(27)19-11-20-18(8-9-28-20)26(19)12-15-4-3-5-17(23)21(15)24/h3-11H,12H2,1-2H3,(H,25,27). The normalized spacial score (nSPS) is 11.1. The smallest absolute Gasteiger partial charge is 0.272 e. The zero-order valence-corrected chi connectivity index (χ0v) is 15.4. The number of nitrogens with one attached hydrogen (secondary N) is 1. The summed E-state index contributed by atoms with van der Waals surface area (Å²) in [6.45, 7) is 3.96. The summed E-state index contributed by atoms with van der Waals surface area (Å²) in [6, 6.07) is 12.9. The van der Waals surface area contributed by atoms with E-state index in [0.717, 1.165) is 17.2 Å². The predicted octanol–water partition coefficient (Wildman–Crippen LogP) is 5.43. The Hall–Kier alpha value is -3.41. The molecule has 1 amide bonds. The fraction of sp³-hybridized carbons (Fsp3) is 0.136. The second-order valence-corrected chi connectivity index (χ2v) is 6.75. The fourth-order valence-electron chi connectivity index (χ4n) is 3.19. The number of aromatic nitrogens is 1. The maximum atomic E-state index is 14.2. The number of hydrogen-bond donors (Lipinski definition) is 1. The highest BCUT2D eigenvalue weighted by Crippen LogP contribution is 2.25. The molecule has 0 atom stereocenters. The van der Waals surface area contributed by atoms with Crippen molar-refractivity contribution in [2.75, 3.05) is 5.32 Å². The highest BCUT2D eigenvalue weighted by molar-refractivity contribution is 6.05. The van der Waals surface area contributed by atoms with Crippen LogP contribution in [0.4, 0.5) is 14.5 Å². The molecule has 28 heavy (non-hydrogen) atoms. The van der Waals surface area contributed by atoms with Gasteiger partial charge in [0.25, 0.3) is 5.91 Å². The van der Waals surface area contributed by atoms with E-state index in [-0.39, 0.29) is 18.0 Å². The molecular formula is C22H18F2N2O2. The van der Waals surface area contributed by atoms with Crippen molar-refractivity contribution in [1.29, 1.82) is 0 Å². The first kappa shape index (κ1) is 18.0. The van der Waals surface area contributed by atoms with Gasteiger partial charge in [-0.15, -0.1) is 0 Å². The lowest BCUT2D eigenvalue weighted by Gasteiger charge is -2.12. The largest absolute Gasteiger partial charge is 0.463 e. The predicted molar refractivity (Wildman–Crippen MR) is 104 cm³/mol. The lowest BCUT2D eigenvalue weighted by molar-refractivity contribution is 0.101. The number of amides is 1. The molecule has 0 unspecified atom stereocenters. The Balaban J connectivity index is 1.71. The van der Waals surface area contributed by atoms with Crippen LogP contribution in [0.3, 0.4) is 0 Å². The van der Waals surface area contributed by atoms with Gasteiger partial charge >= 0.3 is 0 Å². The van der Waals surface area contributed by atoms with Gasteiger partial charge in [-0.25, -0.2) is 8.78 Å². The summed E-state index contributed by atoms with van der Waals surface area (Å²) >= 11 is 0. The van der Waals surface area contributed by atoms with E-state index in [2.05, 4.69) is 5.32 Å². The van der Waals surface area contributed by atoms with Gasteiger partial charge in [0.15, 0.2) is 17.2 Å². The Morgan fingerprint density at radius 2 is 1.89 bits per heavy atom. The van der Waals surface area contributed by atoms with Gasteiger partial charge in [0.2, 0.25) is 0 Å². The fourth-order valence-corrected chi connectivity index (χ4v) is 3.19. The summed E-state index contributed by atoms with van der Waals surface area (Å²) in [4.78, 5) is 12.9. The molecule has 2 heterocycles. The van der Waals surface area contributed by atoms with E-state index < -0.39 is 11.6 Å². The van der Waals surface area contributed by atoms with Crippen molar-refractivity contribution in [3.63, 3.8) is 0 Å². The van der Waals surface area contributed by atoms with Crippen molar-refractivity contribution < 1.29 is 18.0 Å². The van der Waals surface area contributed by atoms with E-state index in [1.165, 1.54) is 18.4 Å². The van der Waals surface area contributed by atoms with Crippen LogP contribution in [0.25, 0.3) is 11.1 Å². The van der Waals surface area contributed by atoms with Crippen LogP contribution in [0.1, 0.15) is 27.2 Å². The molecule has 0 saturated heterocycles. The van der Waals surface area contributed by atoms with Crippen LogP contribution in [0, 0.1) is 25.5 Å². The number of aryl methyl sites for hydroxylation is 2. The minimum Gasteiger partial charge on any atom is -0.463 e. The Kier molecular flexibility index (Phi) is 4.47. The van der Waals surface area contributed by atoms with E-state index in [0.29, 0.717) is 22.5 Å². The molecule has 2 aromatic heterocycles. The average molecular weight is 380 g/mol. The topological polar surface area (TPSA) is 47.2 Å². The number of fused-ring (bicyclic) bond motifs is 1. The molecule has 142 valence electrons. The first-order valence-corrected chi connectivity index (χ1v) is 8.82. The highest BCUT2D eigenvalue weighted by atomic mass is 19.2. The van der Waals surface area contributed by atoms with Gasteiger partial charge < -0.3 is 14.3 Å². The van der Waals surface area contributed by atoms with Gasteiger partial charge in [-0.1, -0.05) is 18.2 Å². The maximum absolute atomic E-state index is 14.2. The number of nitrogens with zero attached hydrogens (tertiary/aromatic N) is 1. The summed E-state index contributed by atoms with van der Waals surface area (Å²) in [5.41, 5.74) is 4.43. The summed E-state index contributed by atoms with van der Waals surface area (Å²) in [6.07, 6.45) is 1.49. The molecule has 6 heteroatoms. The van der Waals surface area contributed by atoms with E-state index in [4.69, 9.17) is 4.42 Å². The first-order chi connectivity index (χ1) is 13.4. The van der Waals surface area contributed by atoms with Crippen molar-refractivity contribution in [1.82, 2.24) is 4.57 Å². The van der Waals surface area contributed by atoms with Crippen molar-refractivity contribution in [2.45, 2.75) is 20.4 Å². The van der Waals surface area contributed by atoms with Gasteiger partial charge in [0.05, 0.1) is 18.3 Å². The quantitative estimate of drug-likeness (QED) is 0.513. The van der Waals surface area contributed by atoms with Gasteiger partial charge in [0, 0.05) is 23.4 Å². The molecule has 4 aromatic rings. The monoisotopic (exact) mass is 380 g/mol. The molecule has 1 N–H and O–H groups in total. The van der Waals surface area contributed by atoms with E-state index in [9.17, 15) is 13.6 Å². The summed E-state index contributed by atoms with van der Waals surface area (Å²) in [5.74, 6) is -2.20. The van der Waals surface area contributed by atoms with E-state index >= 15 is 0 Å². The van der Waals surface area contributed by atoms with Crippen molar-refractivity contribution in [2.24, 2.45) is 0 Å². The number of carbonyl (C=O) groups excluding carboxylic acids is 1. The number of carbonyl (C=O) groups is 1. The molecule has 0 bridgehead atoms. The Morgan fingerprint density at radius 1 is 1.07 bits per heavy atom. The molecule has 0 fully saturated rings. The van der Waals surface area contributed by atoms with Crippen molar-refractivity contribution in [3.8, 4) is 0 Å². The van der Waals surface area contributed by atoms with Crippen LogP contribution in [0.5, 0.6) is 0 Å². The number of hydrogen-bond acceptors (Lipinski definition) is 2. The van der Waals surface area contributed by atoms with Gasteiger partial charge in [0.1, 0.15) is 5.69 Å². The van der Waals surface area contributed by atoms with Crippen molar-refractivity contribution in [3.05, 3.63) is 88.8 Å². The van der Waals surface area contributed by atoms with Crippen LogP contribution < -0.4 is 5.32 Å². The molecule has 0 spiro atoms. The molecule has 4 rings (SSSR count). The summed E-state index contributed by atoms with van der Waals surface area (Å²) in [5, 5.41) is 2.86. The van der Waals surface area contributed by atoms with Crippen LogP contribution in [0.15, 0.2) is 59.2 Å². The lowest BCUT2D eigenvalue weighted by Crippen LogP contribution is -2.18. The SMILES string of the molecule is Cc1ccc(NC(=O)c2cc3occc3n2Cc2cccc(F)c2F)cc1C. The summed E-state index contributed by atoms with van der Waals surface area (Å²) < 4.78 is 34.8. The molecule has 0 aliphatic rings. The van der Waals surface area contributed by atoms with Crippen LogP contribution in [-0.2, 0) is 6.54 Å². The molecule has 0 aliphatic carbocycles. The number of rotatable bonds is 4. The maximum Gasteiger partial charge on any atom is 0.272 e. The number of anilines is 1. The molecule has 0 saturated carbocycles. The lowest BCUT2D eigenvalue weighted by atomic mass is 10.1. The minimum atomic E-state index is -0.923. The Morgan fingerprint density at radius 3 is 2.68 bits per heavy atom. The zero-order valence-electron chi connectivity index (χ0n) is 15.4.